The van der Waals surface area contributed by atoms with E-state index in [9.17, 15) is 4.79 Å². The topological polar surface area (TPSA) is 101 Å². The van der Waals surface area contributed by atoms with Gasteiger partial charge in [0, 0.05) is 24.3 Å². The Morgan fingerprint density at radius 2 is 2.03 bits per heavy atom. The molecule has 0 unspecified atom stereocenters. The molecule has 1 N–H and O–H groups in total. The smallest absolute Gasteiger partial charge is 0.254 e. The standard InChI is InChI=1S/C28H26N6O2/c1-15-12-30-23(13-29-15)26-33-22-9-18-10-24-16(2)28(3,19(18)11-25(22)36-26)6-7-34(24)27(35)17-4-5-20-21(8-17)32-14-31-20/h4-5,8-9,11-14,16,24H,6-7,10H2,1-3H3,(H,31,32)/t16-,24-,28-/m1/s1. The van der Waals surface area contributed by atoms with Gasteiger partial charge in [-0.3, -0.25) is 9.78 Å². The van der Waals surface area contributed by atoms with Crippen LogP contribution in [0, 0.1) is 12.8 Å². The van der Waals surface area contributed by atoms with Crippen molar-refractivity contribution in [1.82, 2.24) is 29.8 Å². The van der Waals surface area contributed by atoms with E-state index in [0.29, 0.717) is 23.1 Å². The first-order valence-electron chi connectivity index (χ1n) is 12.4. The van der Waals surface area contributed by atoms with Crippen molar-refractivity contribution >= 4 is 28.0 Å². The van der Waals surface area contributed by atoms with Crippen molar-refractivity contribution < 1.29 is 9.21 Å². The third kappa shape index (κ3) is 3.03. The Bertz CT molecular complexity index is 1650. The van der Waals surface area contributed by atoms with E-state index in [2.05, 4.69) is 50.8 Å². The molecule has 0 spiro atoms. The number of imidazole rings is 1. The van der Waals surface area contributed by atoms with E-state index in [-0.39, 0.29) is 17.4 Å². The Morgan fingerprint density at radius 1 is 1.14 bits per heavy atom. The summed E-state index contributed by atoms with van der Waals surface area (Å²) in [6, 6.07) is 10.1. The predicted octanol–water partition coefficient (Wildman–Crippen LogP) is 4.83. The number of nitrogens with zero attached hydrogens (tertiary/aromatic N) is 5. The van der Waals surface area contributed by atoms with Crippen LogP contribution in [0.2, 0.25) is 0 Å². The van der Waals surface area contributed by atoms with Crippen LogP contribution in [0.25, 0.3) is 33.7 Å². The van der Waals surface area contributed by atoms with E-state index in [0.717, 1.165) is 47.2 Å². The van der Waals surface area contributed by atoms with Crippen LogP contribution in [0.3, 0.4) is 0 Å². The van der Waals surface area contributed by atoms with Gasteiger partial charge in [0.25, 0.3) is 5.91 Å². The molecule has 0 radical (unpaired) electrons. The number of H-pyrrole nitrogens is 1. The fourth-order valence-corrected chi connectivity index (χ4v) is 6.15. The Hall–Kier alpha value is -4.07. The first-order chi connectivity index (χ1) is 17.4. The summed E-state index contributed by atoms with van der Waals surface area (Å²) in [5.74, 6) is 0.866. The third-order valence-corrected chi connectivity index (χ3v) is 8.44. The maximum absolute atomic E-state index is 13.7. The van der Waals surface area contributed by atoms with Crippen molar-refractivity contribution in [2.45, 2.75) is 45.1 Å². The van der Waals surface area contributed by atoms with Gasteiger partial charge >= 0.3 is 0 Å². The number of benzene rings is 2. The molecule has 8 nitrogen and oxygen atoms in total. The maximum Gasteiger partial charge on any atom is 0.254 e. The van der Waals surface area contributed by atoms with Crippen molar-refractivity contribution in [3.05, 3.63) is 71.4 Å². The molecule has 1 amide bonds. The number of amides is 1. The Labute approximate surface area is 207 Å². The number of likely N-dealkylation sites (tertiary alicyclic amines) is 1. The van der Waals surface area contributed by atoms with Gasteiger partial charge in [-0.05, 0) is 72.6 Å². The zero-order valence-corrected chi connectivity index (χ0v) is 20.4. The largest absolute Gasteiger partial charge is 0.435 e. The van der Waals surface area contributed by atoms with Crippen LogP contribution in [0.15, 0.2) is 53.5 Å². The lowest BCUT2D eigenvalue weighted by Crippen LogP contribution is -2.59. The van der Waals surface area contributed by atoms with Gasteiger partial charge in [0.05, 0.1) is 29.3 Å². The molecule has 1 fully saturated rings. The molecule has 2 bridgehead atoms. The maximum atomic E-state index is 13.7. The molecule has 2 aromatic carbocycles. The van der Waals surface area contributed by atoms with E-state index in [1.807, 2.05) is 25.1 Å². The van der Waals surface area contributed by atoms with Crippen LogP contribution in [-0.4, -0.2) is 48.3 Å². The lowest BCUT2D eigenvalue weighted by molar-refractivity contribution is 0.0251. The minimum atomic E-state index is -0.0484. The first kappa shape index (κ1) is 21.2. The van der Waals surface area contributed by atoms with Crippen LogP contribution in [-0.2, 0) is 11.8 Å². The normalized spacial score (nSPS) is 23.2. The monoisotopic (exact) mass is 478 g/mol. The van der Waals surface area contributed by atoms with Crippen LogP contribution in [0.5, 0.6) is 0 Å². The van der Waals surface area contributed by atoms with E-state index in [4.69, 9.17) is 9.40 Å². The van der Waals surface area contributed by atoms with E-state index in [1.54, 1.807) is 18.7 Å². The predicted molar refractivity (Wildman–Crippen MR) is 136 cm³/mol. The second-order valence-corrected chi connectivity index (χ2v) is 10.4. The Kier molecular flexibility index (Phi) is 4.40. The van der Waals surface area contributed by atoms with Crippen LogP contribution >= 0.6 is 0 Å². The summed E-state index contributed by atoms with van der Waals surface area (Å²) < 4.78 is 6.14. The second kappa shape index (κ2) is 7.46. The second-order valence-electron chi connectivity index (χ2n) is 10.4. The summed E-state index contributed by atoms with van der Waals surface area (Å²) in [7, 11) is 0. The number of carbonyl (C=O) groups is 1. The van der Waals surface area contributed by atoms with Gasteiger partial charge in [-0.25, -0.2) is 15.0 Å². The lowest BCUT2D eigenvalue weighted by Gasteiger charge is -2.54. The van der Waals surface area contributed by atoms with Crippen molar-refractivity contribution in [2.24, 2.45) is 5.92 Å². The average molecular weight is 479 g/mol. The van der Waals surface area contributed by atoms with Gasteiger partial charge in [0.15, 0.2) is 5.58 Å². The number of carbonyl (C=O) groups excluding carboxylic acids is 1. The van der Waals surface area contributed by atoms with E-state index in [1.165, 1.54) is 11.1 Å². The fraction of sp³-hybridized carbons (Fsp3) is 0.321. The lowest BCUT2D eigenvalue weighted by atomic mass is 9.59. The highest BCUT2D eigenvalue weighted by Gasteiger charge is 2.50. The zero-order valence-electron chi connectivity index (χ0n) is 20.4. The fourth-order valence-electron chi connectivity index (χ4n) is 6.15. The Morgan fingerprint density at radius 3 is 2.86 bits per heavy atom. The number of hydrogen-bond donors (Lipinski definition) is 1. The number of aryl methyl sites for hydroxylation is 1. The molecule has 1 saturated heterocycles. The molecule has 8 heteroatoms. The van der Waals surface area contributed by atoms with Crippen molar-refractivity contribution in [3.8, 4) is 11.6 Å². The number of nitrogens with one attached hydrogen (secondary N) is 1. The molecule has 180 valence electrons. The molecular formula is C28H26N6O2. The number of aromatic nitrogens is 5. The highest BCUT2D eigenvalue weighted by atomic mass is 16.3. The molecule has 5 aromatic rings. The molecule has 3 aromatic heterocycles. The van der Waals surface area contributed by atoms with Gasteiger partial charge in [-0.1, -0.05) is 13.8 Å². The van der Waals surface area contributed by atoms with Crippen LogP contribution in [0.1, 0.15) is 47.4 Å². The third-order valence-electron chi connectivity index (χ3n) is 8.44. The van der Waals surface area contributed by atoms with Crippen LogP contribution < -0.4 is 0 Å². The average Bonchev–Trinajstić information content (AvgIpc) is 3.51. The summed E-state index contributed by atoms with van der Waals surface area (Å²) >= 11 is 0. The summed E-state index contributed by atoms with van der Waals surface area (Å²) in [6.45, 7) is 7.24. The number of hydrogen-bond acceptors (Lipinski definition) is 6. The zero-order chi connectivity index (χ0) is 24.6. The minimum absolute atomic E-state index is 0.0484. The van der Waals surface area contributed by atoms with Gasteiger partial charge in [-0.15, -0.1) is 0 Å². The number of rotatable bonds is 2. The number of oxazole rings is 1. The van der Waals surface area contributed by atoms with Crippen molar-refractivity contribution in [2.75, 3.05) is 6.54 Å². The SMILES string of the molecule is Cc1cnc(-c2nc3cc4c(cc3o2)[C@]2(C)CCN(C(=O)c3ccc5nc[nH]c5c3)[C@H](C4)[C@H]2C)cn1. The van der Waals surface area contributed by atoms with Crippen LogP contribution in [0.4, 0.5) is 0 Å². The molecule has 2 aliphatic rings. The minimum Gasteiger partial charge on any atom is -0.435 e. The summed E-state index contributed by atoms with van der Waals surface area (Å²) in [5, 5.41) is 0. The molecule has 7 rings (SSSR count). The molecule has 36 heavy (non-hydrogen) atoms. The van der Waals surface area contributed by atoms with Crippen molar-refractivity contribution in [1.29, 1.82) is 0 Å². The van der Waals surface area contributed by atoms with Gasteiger partial charge < -0.3 is 14.3 Å². The van der Waals surface area contributed by atoms with E-state index < -0.39 is 0 Å². The number of piperidine rings is 1. The quantitative estimate of drug-likeness (QED) is 0.390. The molecule has 1 aliphatic carbocycles. The van der Waals surface area contributed by atoms with Crippen molar-refractivity contribution in [3.63, 3.8) is 0 Å². The van der Waals surface area contributed by atoms with Gasteiger partial charge in [0.2, 0.25) is 5.89 Å². The highest BCUT2D eigenvalue weighted by molar-refractivity contribution is 5.97. The molecule has 4 heterocycles. The van der Waals surface area contributed by atoms with Gasteiger partial charge in [0.1, 0.15) is 11.2 Å². The first-order valence-corrected chi connectivity index (χ1v) is 12.4. The molecule has 3 atom stereocenters. The summed E-state index contributed by atoms with van der Waals surface area (Å²) in [6.07, 6.45) is 6.77. The molecule has 1 aliphatic heterocycles. The van der Waals surface area contributed by atoms with Gasteiger partial charge in [-0.2, -0.15) is 0 Å². The molecule has 0 saturated carbocycles. The summed E-state index contributed by atoms with van der Waals surface area (Å²) in [5.41, 5.74) is 8.00. The summed E-state index contributed by atoms with van der Waals surface area (Å²) in [4.78, 5) is 36.6. The Balaban J connectivity index is 1.26. The number of fused-ring (bicyclic) bond motifs is 6. The highest BCUT2D eigenvalue weighted by Crippen LogP contribution is 2.49. The molecular weight excluding hydrogens is 452 g/mol. The van der Waals surface area contributed by atoms with E-state index >= 15 is 0 Å². The number of aromatic amines is 1.